The van der Waals surface area contributed by atoms with Crippen LogP contribution in [-0.4, -0.2) is 125 Å². The summed E-state index contributed by atoms with van der Waals surface area (Å²) in [7, 11) is 5.63. The molecule has 1 fully saturated rings. The number of phenols is 1. The van der Waals surface area contributed by atoms with Gasteiger partial charge in [0.15, 0.2) is 5.75 Å². The average Bonchev–Trinajstić information content (AvgIpc) is 3.20. The van der Waals surface area contributed by atoms with Gasteiger partial charge in [0.25, 0.3) is 0 Å². The Balaban J connectivity index is 1.60. The molecule has 0 aliphatic carbocycles. The van der Waals surface area contributed by atoms with Crippen molar-refractivity contribution in [2.75, 3.05) is 28.3 Å². The molecule has 6 amide bonds. The third-order valence-corrected chi connectivity index (χ3v) is 10.5. The van der Waals surface area contributed by atoms with E-state index in [0.29, 0.717) is 16.9 Å². The lowest BCUT2D eigenvalue weighted by Crippen LogP contribution is -2.61. The van der Waals surface area contributed by atoms with Gasteiger partial charge in [-0.1, -0.05) is 24.3 Å². The maximum absolute atomic E-state index is 14.7. The second kappa shape index (κ2) is 17.6. The first-order valence-electron chi connectivity index (χ1n) is 18.5. The molecule has 58 heavy (non-hydrogen) atoms. The molecule has 18 heteroatoms. The number of nitrogens with zero attached hydrogens (tertiary/aromatic N) is 4. The van der Waals surface area contributed by atoms with Crippen molar-refractivity contribution < 1.29 is 48.3 Å². The van der Waals surface area contributed by atoms with Crippen LogP contribution in [0, 0.1) is 10.1 Å². The van der Waals surface area contributed by atoms with Gasteiger partial charge in [-0.3, -0.25) is 38.9 Å². The molecule has 308 valence electrons. The van der Waals surface area contributed by atoms with Crippen LogP contribution in [0.15, 0.2) is 60.7 Å². The highest BCUT2D eigenvalue weighted by Gasteiger charge is 2.39. The van der Waals surface area contributed by atoms with Crippen molar-refractivity contribution in [3.8, 4) is 23.0 Å². The second-order valence-corrected chi connectivity index (χ2v) is 14.5. The Morgan fingerprint density at radius 2 is 1.28 bits per heavy atom. The van der Waals surface area contributed by atoms with E-state index in [1.807, 2.05) is 0 Å². The summed E-state index contributed by atoms with van der Waals surface area (Å²) >= 11 is 0. The molecule has 6 atom stereocenters. The Morgan fingerprint density at radius 3 is 1.88 bits per heavy atom. The average molecular weight is 802 g/mol. The van der Waals surface area contributed by atoms with Gasteiger partial charge < -0.3 is 45.2 Å². The van der Waals surface area contributed by atoms with Gasteiger partial charge in [-0.05, 0) is 67.8 Å². The predicted molar refractivity (Wildman–Crippen MR) is 208 cm³/mol. The van der Waals surface area contributed by atoms with Crippen LogP contribution in [0.2, 0.25) is 0 Å². The fraction of sp³-hybridized carbons (Fsp3) is 0.400. The number of phenolic OH excluding ortho intramolecular Hbond substituents is 1. The summed E-state index contributed by atoms with van der Waals surface area (Å²) in [5, 5.41) is 30.6. The van der Waals surface area contributed by atoms with Gasteiger partial charge in [0.1, 0.15) is 47.8 Å². The van der Waals surface area contributed by atoms with Crippen molar-refractivity contribution in [2.24, 2.45) is 0 Å². The van der Waals surface area contributed by atoms with Crippen molar-refractivity contribution >= 4 is 41.1 Å². The molecular weight excluding hydrogens is 754 g/mol. The first-order chi connectivity index (χ1) is 27.4. The highest BCUT2D eigenvalue weighted by atomic mass is 16.6. The number of nitro benzene ring substituents is 1. The predicted octanol–water partition coefficient (Wildman–Crippen LogP) is 1.45. The molecule has 3 heterocycles. The van der Waals surface area contributed by atoms with Crippen LogP contribution in [0.5, 0.6) is 23.0 Å². The largest absolute Gasteiger partial charge is 0.499 e. The van der Waals surface area contributed by atoms with Crippen molar-refractivity contribution in [3.63, 3.8) is 0 Å². The van der Waals surface area contributed by atoms with Crippen LogP contribution >= 0.6 is 0 Å². The fourth-order valence-electron chi connectivity index (χ4n) is 6.89. The minimum absolute atomic E-state index is 0.0284. The van der Waals surface area contributed by atoms with Crippen molar-refractivity contribution in [1.29, 1.82) is 0 Å². The van der Waals surface area contributed by atoms with Crippen LogP contribution in [0.1, 0.15) is 37.5 Å². The lowest BCUT2D eigenvalue weighted by atomic mass is 9.98. The lowest BCUT2D eigenvalue weighted by Gasteiger charge is -2.36. The summed E-state index contributed by atoms with van der Waals surface area (Å²) in [5.41, 5.74) is 0.631. The third-order valence-electron chi connectivity index (χ3n) is 10.5. The van der Waals surface area contributed by atoms with E-state index >= 15 is 0 Å². The Hall–Kier alpha value is -6.72. The third kappa shape index (κ3) is 9.28. The molecule has 3 aliphatic rings. The normalized spacial score (nSPS) is 23.9. The molecule has 0 spiro atoms. The number of amides is 6. The number of carbonyl (C=O) groups excluding carboxylic acids is 6. The summed E-state index contributed by atoms with van der Waals surface area (Å²) in [6.07, 6.45) is -0.388. The summed E-state index contributed by atoms with van der Waals surface area (Å²) in [4.78, 5) is 99.0. The molecule has 3 aliphatic heterocycles. The molecule has 0 radical (unpaired) electrons. The maximum atomic E-state index is 14.7. The smallest absolute Gasteiger partial charge is 0.314 e. The fourth-order valence-corrected chi connectivity index (χ4v) is 6.89. The first kappa shape index (κ1) is 42.4. The summed E-state index contributed by atoms with van der Waals surface area (Å²) in [5.74, 6) is -4.52. The van der Waals surface area contributed by atoms with Crippen LogP contribution in [0.4, 0.5) is 5.69 Å². The summed E-state index contributed by atoms with van der Waals surface area (Å²) in [6, 6.07) is 7.99. The van der Waals surface area contributed by atoms with Crippen molar-refractivity contribution in [2.45, 2.75) is 76.3 Å². The lowest BCUT2D eigenvalue weighted by molar-refractivity contribution is -0.386. The zero-order valence-electron chi connectivity index (χ0n) is 33.2. The number of methoxy groups -OCH3 is 1. The molecule has 0 saturated carbocycles. The van der Waals surface area contributed by atoms with Gasteiger partial charge in [-0.2, -0.15) is 0 Å². The van der Waals surface area contributed by atoms with E-state index in [2.05, 4.69) is 16.0 Å². The number of rotatable bonds is 4. The van der Waals surface area contributed by atoms with Crippen LogP contribution in [0.25, 0.3) is 0 Å². The number of benzene rings is 3. The molecule has 4 N–H and O–H groups in total. The van der Waals surface area contributed by atoms with Gasteiger partial charge in [0.2, 0.25) is 41.2 Å². The molecule has 6 bridgehead atoms. The molecule has 3 unspecified atom stereocenters. The van der Waals surface area contributed by atoms with Gasteiger partial charge in [-0.15, -0.1) is 0 Å². The van der Waals surface area contributed by atoms with Gasteiger partial charge in [0, 0.05) is 46.5 Å². The zero-order chi connectivity index (χ0) is 42.6. The molecule has 3 aromatic carbocycles. The van der Waals surface area contributed by atoms with Crippen LogP contribution in [-0.2, 0) is 48.0 Å². The van der Waals surface area contributed by atoms with E-state index in [4.69, 9.17) is 9.47 Å². The molecule has 0 aromatic heterocycles. The SMILES string of the molecule is COc1ccc(CC2C(=O)N[C@@H](C)C(=O)N(C)[C@H]3Cc4ccc(cc4)Oc4cc(cc([N+](=O)[O-])c4O)CC(C(=O)NC(C)C(=O)N[C@@H](C)C(=O)N2C)N(C)C3=O)cc1. The monoisotopic (exact) mass is 801 g/mol. The molecular formula is C40H47N7O11. The molecule has 18 nitrogen and oxygen atoms in total. The number of likely N-dealkylation sites (N-methyl/N-ethyl adjacent to an activating group) is 3. The minimum Gasteiger partial charge on any atom is -0.499 e. The number of ether oxygens (including phenoxy) is 2. The Morgan fingerprint density at radius 1 is 0.724 bits per heavy atom. The van der Waals surface area contributed by atoms with Gasteiger partial charge in [0.05, 0.1) is 12.0 Å². The number of carbonyl (C=O) groups is 6. The molecule has 1 saturated heterocycles. The Labute approximate surface area is 334 Å². The number of hydrogen-bond acceptors (Lipinski definition) is 11. The highest BCUT2D eigenvalue weighted by molar-refractivity contribution is 5.98. The summed E-state index contributed by atoms with van der Waals surface area (Å²) in [6.45, 7) is 4.23. The van der Waals surface area contributed by atoms with Gasteiger partial charge >= 0.3 is 5.69 Å². The number of nitrogens with one attached hydrogen (secondary N) is 3. The van der Waals surface area contributed by atoms with Gasteiger partial charge in [-0.25, -0.2) is 0 Å². The van der Waals surface area contributed by atoms with Crippen molar-refractivity contribution in [3.05, 3.63) is 87.5 Å². The van der Waals surface area contributed by atoms with Crippen LogP contribution < -0.4 is 25.4 Å². The van der Waals surface area contributed by atoms with Crippen LogP contribution in [0.3, 0.4) is 0 Å². The van der Waals surface area contributed by atoms with E-state index in [-0.39, 0.29) is 36.3 Å². The maximum Gasteiger partial charge on any atom is 0.314 e. The topological polar surface area (TPSA) is 230 Å². The minimum atomic E-state index is -1.44. The number of fused-ring (bicyclic) bond motifs is 2. The second-order valence-electron chi connectivity index (χ2n) is 14.5. The standard InChI is InChI=1S/C40H47N7O11/c1-21-35(49)42-22(2)38(52)44(4)30(16-24-8-12-27(57-7)13-9-24)37(51)43-23(3)39(53)46(6)32-17-25-10-14-28(15-11-25)58-33-20-26(18-29(34(33)48)47(55)56)19-31(36(50)41-21)45(5)40(32)54/h8-15,18,20-23,30-32,48H,16-17,19H2,1-7H3,(H,41,50)(H,42,49)(H,43,51)/t21?,22-,23-,30?,31?,32-/m0/s1. The van der Waals surface area contributed by atoms with E-state index in [0.717, 1.165) is 11.0 Å². The van der Waals surface area contributed by atoms with E-state index in [9.17, 15) is 44.0 Å². The highest BCUT2D eigenvalue weighted by Crippen LogP contribution is 2.40. The molecule has 3 aromatic rings. The Kier molecular flexibility index (Phi) is 12.9. The van der Waals surface area contributed by atoms with E-state index in [1.165, 1.54) is 77.0 Å². The van der Waals surface area contributed by atoms with E-state index < -0.39 is 88.1 Å². The molecule has 6 rings (SSSR count). The van der Waals surface area contributed by atoms with Crippen molar-refractivity contribution in [1.82, 2.24) is 30.7 Å². The number of nitro groups is 1. The summed E-state index contributed by atoms with van der Waals surface area (Å²) < 4.78 is 11.1. The number of aromatic hydroxyl groups is 1. The zero-order valence-corrected chi connectivity index (χ0v) is 33.2. The van der Waals surface area contributed by atoms with E-state index in [1.54, 1.807) is 36.4 Å². The quantitative estimate of drug-likeness (QED) is 0.218. The first-order valence-corrected chi connectivity index (χ1v) is 18.5. The number of hydrogen-bond donors (Lipinski definition) is 4. The Bertz CT molecular complexity index is 2090.